The molecule has 0 unspecified atom stereocenters. The lowest BCUT2D eigenvalue weighted by Gasteiger charge is -2.07. The molecule has 0 aliphatic heterocycles. The van der Waals surface area contributed by atoms with E-state index in [1.54, 1.807) is 24.3 Å². The van der Waals surface area contributed by atoms with Crippen molar-refractivity contribution >= 4 is 8.25 Å². The molecular formula is C13H18NO3P. The van der Waals surface area contributed by atoms with Gasteiger partial charge in [0.05, 0.1) is 0 Å². The summed E-state index contributed by atoms with van der Waals surface area (Å²) in [6.07, 6.45) is 0. The molecular weight excluding hydrogens is 249 g/mol. The molecule has 0 bridgehead atoms. The minimum Gasteiger partial charge on any atom is -0.418 e. The number of rotatable bonds is 4. The number of para-hydroxylation sites is 2. The first-order valence-electron chi connectivity index (χ1n) is 4.84. The van der Waals surface area contributed by atoms with Crippen LogP contribution in [0.4, 0.5) is 0 Å². The van der Waals surface area contributed by atoms with Crippen molar-refractivity contribution in [1.82, 2.24) is 6.15 Å². The highest BCUT2D eigenvalue weighted by Crippen LogP contribution is 2.29. The van der Waals surface area contributed by atoms with Gasteiger partial charge in [0.15, 0.2) is 0 Å². The molecule has 0 spiro atoms. The Balaban J connectivity index is 0.00000144. The Morgan fingerprint density at radius 1 is 0.722 bits per heavy atom. The Hall–Kier alpha value is -1.77. The van der Waals surface area contributed by atoms with Crippen LogP contribution in [0.3, 0.4) is 0 Å². The molecule has 0 saturated heterocycles. The first-order valence-corrected chi connectivity index (χ1v) is 6.07. The van der Waals surface area contributed by atoms with Crippen molar-refractivity contribution in [3.8, 4) is 11.5 Å². The van der Waals surface area contributed by atoms with Gasteiger partial charge in [-0.25, -0.2) is 4.57 Å². The third-order valence-electron chi connectivity index (χ3n) is 1.89. The van der Waals surface area contributed by atoms with Gasteiger partial charge >= 0.3 is 8.25 Å². The van der Waals surface area contributed by atoms with Crippen molar-refractivity contribution in [2.45, 2.75) is 7.43 Å². The van der Waals surface area contributed by atoms with Crippen LogP contribution in [-0.4, -0.2) is 0 Å². The molecule has 5 heteroatoms. The molecule has 2 aromatic carbocycles. The fourth-order valence-electron chi connectivity index (χ4n) is 1.19. The van der Waals surface area contributed by atoms with Crippen molar-refractivity contribution in [3.05, 3.63) is 60.7 Å². The second-order valence-corrected chi connectivity index (χ2v) is 3.99. The average molecular weight is 267 g/mol. The van der Waals surface area contributed by atoms with Crippen molar-refractivity contribution in [2.75, 3.05) is 0 Å². The molecule has 0 saturated carbocycles. The van der Waals surface area contributed by atoms with Gasteiger partial charge in [-0.2, -0.15) is 0 Å². The highest BCUT2D eigenvalue weighted by atomic mass is 31.1. The Kier molecular flexibility index (Phi) is 7.52. The molecule has 0 fully saturated rings. The lowest BCUT2D eigenvalue weighted by molar-refractivity contribution is 0.415. The third kappa shape index (κ3) is 5.04. The lowest BCUT2D eigenvalue weighted by Crippen LogP contribution is -1.87. The van der Waals surface area contributed by atoms with E-state index >= 15 is 0 Å². The first-order chi connectivity index (χ1) is 7.84. The van der Waals surface area contributed by atoms with Crippen LogP contribution in [0.5, 0.6) is 11.5 Å². The van der Waals surface area contributed by atoms with Crippen LogP contribution < -0.4 is 15.2 Å². The van der Waals surface area contributed by atoms with Crippen molar-refractivity contribution in [2.24, 2.45) is 0 Å². The summed E-state index contributed by atoms with van der Waals surface area (Å²) in [4.78, 5) is 0. The van der Waals surface area contributed by atoms with Crippen molar-refractivity contribution in [3.63, 3.8) is 0 Å². The highest BCUT2D eigenvalue weighted by molar-refractivity contribution is 7.34. The first kappa shape index (κ1) is 16.2. The molecule has 0 radical (unpaired) electrons. The third-order valence-corrected chi connectivity index (χ3v) is 2.69. The maximum atomic E-state index is 11.5. The second kappa shape index (κ2) is 8.34. The van der Waals surface area contributed by atoms with Crippen molar-refractivity contribution < 1.29 is 13.6 Å². The summed E-state index contributed by atoms with van der Waals surface area (Å²) in [5.41, 5.74) is 0. The van der Waals surface area contributed by atoms with Gasteiger partial charge in [-0.05, 0) is 24.3 Å². The Morgan fingerprint density at radius 3 is 1.39 bits per heavy atom. The molecule has 0 atom stereocenters. The molecule has 4 nitrogen and oxygen atoms in total. The van der Waals surface area contributed by atoms with Gasteiger partial charge in [-0.1, -0.05) is 43.8 Å². The summed E-state index contributed by atoms with van der Waals surface area (Å²) < 4.78 is 21.8. The summed E-state index contributed by atoms with van der Waals surface area (Å²) in [5, 5.41) is 0. The van der Waals surface area contributed by atoms with Gasteiger partial charge in [0.2, 0.25) is 0 Å². The minimum absolute atomic E-state index is 0. The Bertz CT molecular complexity index is 419. The number of benzene rings is 2. The number of hydrogen-bond donors (Lipinski definition) is 1. The van der Waals surface area contributed by atoms with Crippen LogP contribution in [0.1, 0.15) is 7.43 Å². The summed E-state index contributed by atoms with van der Waals surface area (Å²) in [5.74, 6) is 1.09. The van der Waals surface area contributed by atoms with Crippen LogP contribution in [-0.2, 0) is 4.57 Å². The molecule has 0 aliphatic carbocycles. The van der Waals surface area contributed by atoms with Gasteiger partial charge in [0.25, 0.3) is 0 Å². The summed E-state index contributed by atoms with van der Waals surface area (Å²) >= 11 is 0. The maximum Gasteiger partial charge on any atom is 0.418 e. The van der Waals surface area contributed by atoms with E-state index < -0.39 is 8.25 Å². The fraction of sp³-hybridized carbons (Fsp3) is 0.0769. The molecule has 0 heterocycles. The van der Waals surface area contributed by atoms with E-state index in [9.17, 15) is 4.57 Å². The van der Waals surface area contributed by atoms with E-state index in [4.69, 9.17) is 9.05 Å². The Labute approximate surface area is 108 Å². The average Bonchev–Trinajstić information content (AvgIpc) is 2.31. The van der Waals surface area contributed by atoms with Crippen LogP contribution in [0.2, 0.25) is 0 Å². The quantitative estimate of drug-likeness (QED) is 0.837. The largest absolute Gasteiger partial charge is 0.418 e. The van der Waals surface area contributed by atoms with Crippen LogP contribution in [0.15, 0.2) is 60.7 Å². The summed E-state index contributed by atoms with van der Waals surface area (Å²) in [7, 11) is -2.54. The molecule has 18 heavy (non-hydrogen) atoms. The molecule has 2 rings (SSSR count). The zero-order chi connectivity index (χ0) is 11.2. The SMILES string of the molecule is C.N.O=[PH](Oc1ccccc1)Oc1ccccc1. The van der Waals surface area contributed by atoms with E-state index in [2.05, 4.69) is 0 Å². The van der Waals surface area contributed by atoms with Gasteiger partial charge in [0, 0.05) is 0 Å². The van der Waals surface area contributed by atoms with Crippen LogP contribution in [0.25, 0.3) is 0 Å². The van der Waals surface area contributed by atoms with E-state index in [1.165, 1.54) is 0 Å². The maximum absolute atomic E-state index is 11.5. The summed E-state index contributed by atoms with van der Waals surface area (Å²) in [6, 6.07) is 17.9. The van der Waals surface area contributed by atoms with Crippen LogP contribution in [0, 0.1) is 0 Å². The van der Waals surface area contributed by atoms with E-state index in [0.717, 1.165) is 0 Å². The second-order valence-electron chi connectivity index (χ2n) is 3.08. The van der Waals surface area contributed by atoms with E-state index in [0.29, 0.717) is 11.5 Å². The molecule has 0 aliphatic rings. The van der Waals surface area contributed by atoms with Crippen LogP contribution >= 0.6 is 8.25 Å². The molecule has 0 aromatic heterocycles. The molecule has 2 aromatic rings. The zero-order valence-corrected chi connectivity index (χ0v) is 10.2. The van der Waals surface area contributed by atoms with Gasteiger partial charge in [-0.15, -0.1) is 0 Å². The number of hydrogen-bond acceptors (Lipinski definition) is 4. The predicted molar refractivity (Wildman–Crippen MR) is 74.9 cm³/mol. The molecule has 0 amide bonds. The lowest BCUT2D eigenvalue weighted by atomic mass is 10.3. The molecule has 98 valence electrons. The summed E-state index contributed by atoms with van der Waals surface area (Å²) in [6.45, 7) is 0. The van der Waals surface area contributed by atoms with Gasteiger partial charge < -0.3 is 15.2 Å². The van der Waals surface area contributed by atoms with Gasteiger partial charge in [-0.3, -0.25) is 0 Å². The van der Waals surface area contributed by atoms with E-state index in [-0.39, 0.29) is 13.6 Å². The predicted octanol–water partition coefficient (Wildman–Crippen LogP) is 4.33. The smallest absolute Gasteiger partial charge is 0.418 e. The standard InChI is InChI=1S/C12H11O3P.CH4.H3N/c13-16(14-11-7-3-1-4-8-11)15-12-9-5-2-6-10-12;;/h1-10,16H;1H4;1H3. The van der Waals surface area contributed by atoms with E-state index in [1.807, 2.05) is 36.4 Å². The fourth-order valence-corrected chi connectivity index (χ4v) is 1.89. The monoisotopic (exact) mass is 267 g/mol. The minimum atomic E-state index is -2.54. The molecule has 3 N–H and O–H groups in total. The normalized spacial score (nSPS) is 8.94. The highest BCUT2D eigenvalue weighted by Gasteiger charge is 2.02. The topological polar surface area (TPSA) is 70.5 Å². The zero-order valence-electron chi connectivity index (χ0n) is 9.21. The van der Waals surface area contributed by atoms with Crippen molar-refractivity contribution in [1.29, 1.82) is 0 Å². The van der Waals surface area contributed by atoms with Gasteiger partial charge in [0.1, 0.15) is 11.5 Å². The Morgan fingerprint density at radius 2 is 1.06 bits per heavy atom.